The summed E-state index contributed by atoms with van der Waals surface area (Å²) in [6, 6.07) is 15.6. The monoisotopic (exact) mass is 393 g/mol. The SMILES string of the molecule is Cc1nn(Cc2ccc(C(=O)O/N=C(\N)c3ccccc3)cc2)c(C)c1[N+](=O)[O-]. The Hall–Kier alpha value is -4.01. The second kappa shape index (κ2) is 8.34. The van der Waals surface area contributed by atoms with Crippen molar-refractivity contribution >= 4 is 17.5 Å². The lowest BCUT2D eigenvalue weighted by molar-refractivity contribution is -0.386. The van der Waals surface area contributed by atoms with Crippen LogP contribution in [0.15, 0.2) is 59.8 Å². The van der Waals surface area contributed by atoms with Crippen LogP contribution in [0, 0.1) is 24.0 Å². The number of hydrogen-bond acceptors (Lipinski definition) is 6. The fraction of sp³-hybridized carbons (Fsp3) is 0.150. The minimum Gasteiger partial charge on any atom is -0.380 e. The first-order valence-corrected chi connectivity index (χ1v) is 8.74. The zero-order chi connectivity index (χ0) is 21.0. The molecule has 0 radical (unpaired) electrons. The molecule has 0 atom stereocenters. The number of carbonyl (C=O) groups is 1. The molecule has 2 aromatic carbocycles. The minimum absolute atomic E-state index is 0.0130. The lowest BCUT2D eigenvalue weighted by atomic mass is 10.1. The van der Waals surface area contributed by atoms with E-state index < -0.39 is 10.9 Å². The number of hydrogen-bond donors (Lipinski definition) is 1. The normalized spacial score (nSPS) is 11.3. The Labute approximate surface area is 166 Å². The van der Waals surface area contributed by atoms with Crippen LogP contribution in [-0.2, 0) is 11.4 Å². The molecule has 0 fully saturated rings. The molecule has 1 heterocycles. The van der Waals surface area contributed by atoms with Crippen molar-refractivity contribution in [1.29, 1.82) is 0 Å². The first kappa shape index (κ1) is 19.7. The third kappa shape index (κ3) is 4.46. The number of aromatic nitrogens is 2. The van der Waals surface area contributed by atoms with Gasteiger partial charge in [-0.15, -0.1) is 0 Å². The van der Waals surface area contributed by atoms with E-state index in [9.17, 15) is 14.9 Å². The second-order valence-electron chi connectivity index (χ2n) is 6.35. The second-order valence-corrected chi connectivity index (χ2v) is 6.35. The first-order chi connectivity index (χ1) is 13.9. The van der Waals surface area contributed by atoms with Crippen molar-refractivity contribution in [2.24, 2.45) is 10.9 Å². The number of rotatable bonds is 6. The first-order valence-electron chi connectivity index (χ1n) is 8.74. The van der Waals surface area contributed by atoms with Gasteiger partial charge in [0.25, 0.3) is 0 Å². The molecule has 0 aliphatic heterocycles. The number of nitrogens with two attached hydrogens (primary N) is 1. The number of nitro groups is 1. The van der Waals surface area contributed by atoms with Gasteiger partial charge in [0.1, 0.15) is 11.4 Å². The van der Waals surface area contributed by atoms with Crippen molar-refractivity contribution in [3.63, 3.8) is 0 Å². The standard InChI is InChI=1S/C20H19N5O4/c1-13-18(25(27)28)14(2)24(22-13)12-15-8-10-17(11-9-15)20(26)29-23-19(21)16-6-4-3-5-7-16/h3-11H,12H2,1-2H3,(H2,21,23). The molecule has 0 saturated carbocycles. The molecule has 9 nitrogen and oxygen atoms in total. The number of oxime groups is 1. The molecule has 0 spiro atoms. The van der Waals surface area contributed by atoms with Crippen molar-refractivity contribution in [3.8, 4) is 0 Å². The summed E-state index contributed by atoms with van der Waals surface area (Å²) in [5.74, 6) is -0.543. The Morgan fingerprint density at radius 3 is 2.38 bits per heavy atom. The molecular formula is C20H19N5O4. The van der Waals surface area contributed by atoms with Gasteiger partial charge in [0.2, 0.25) is 0 Å². The van der Waals surface area contributed by atoms with Gasteiger partial charge in [-0.1, -0.05) is 47.6 Å². The molecular weight excluding hydrogens is 374 g/mol. The molecule has 9 heteroatoms. The highest BCUT2D eigenvalue weighted by atomic mass is 16.7. The Morgan fingerprint density at radius 1 is 1.14 bits per heavy atom. The molecule has 148 valence electrons. The molecule has 0 aliphatic carbocycles. The van der Waals surface area contributed by atoms with E-state index in [0.717, 1.165) is 5.56 Å². The smallest absolute Gasteiger partial charge is 0.365 e. The van der Waals surface area contributed by atoms with Crippen LogP contribution < -0.4 is 5.73 Å². The zero-order valence-corrected chi connectivity index (χ0v) is 15.9. The van der Waals surface area contributed by atoms with Crippen molar-refractivity contribution in [2.45, 2.75) is 20.4 Å². The Bertz CT molecular complexity index is 1070. The van der Waals surface area contributed by atoms with Crippen LogP contribution in [0.4, 0.5) is 5.69 Å². The minimum atomic E-state index is -0.641. The van der Waals surface area contributed by atoms with E-state index in [-0.39, 0.29) is 11.5 Å². The van der Waals surface area contributed by atoms with Crippen LogP contribution in [-0.4, -0.2) is 26.5 Å². The summed E-state index contributed by atoms with van der Waals surface area (Å²) in [4.78, 5) is 27.7. The highest BCUT2D eigenvalue weighted by Crippen LogP contribution is 2.22. The predicted molar refractivity (Wildman–Crippen MR) is 106 cm³/mol. The maximum atomic E-state index is 12.1. The largest absolute Gasteiger partial charge is 0.380 e. The van der Waals surface area contributed by atoms with Crippen LogP contribution in [0.5, 0.6) is 0 Å². The van der Waals surface area contributed by atoms with Gasteiger partial charge in [-0.25, -0.2) is 4.79 Å². The molecule has 29 heavy (non-hydrogen) atoms. The number of amidine groups is 1. The average Bonchev–Trinajstić information content (AvgIpc) is 3.00. The number of benzene rings is 2. The van der Waals surface area contributed by atoms with Gasteiger partial charge >= 0.3 is 11.7 Å². The van der Waals surface area contributed by atoms with Crippen molar-refractivity contribution in [1.82, 2.24) is 9.78 Å². The van der Waals surface area contributed by atoms with Crippen molar-refractivity contribution in [2.75, 3.05) is 0 Å². The van der Waals surface area contributed by atoms with Gasteiger partial charge in [0.15, 0.2) is 5.84 Å². The molecule has 0 saturated heterocycles. The molecule has 1 aromatic heterocycles. The van der Waals surface area contributed by atoms with Gasteiger partial charge in [0.05, 0.1) is 17.0 Å². The van der Waals surface area contributed by atoms with E-state index in [2.05, 4.69) is 10.3 Å². The molecule has 3 aromatic rings. The van der Waals surface area contributed by atoms with E-state index in [0.29, 0.717) is 29.1 Å². The van der Waals surface area contributed by atoms with Gasteiger partial charge < -0.3 is 10.6 Å². The van der Waals surface area contributed by atoms with Crippen LogP contribution in [0.3, 0.4) is 0 Å². The molecule has 0 bridgehead atoms. The van der Waals surface area contributed by atoms with Crippen LogP contribution in [0.2, 0.25) is 0 Å². The van der Waals surface area contributed by atoms with E-state index in [1.807, 2.05) is 6.07 Å². The summed E-state index contributed by atoms with van der Waals surface area (Å²) in [6.07, 6.45) is 0. The number of carbonyl (C=O) groups excluding carboxylic acids is 1. The summed E-state index contributed by atoms with van der Waals surface area (Å²) >= 11 is 0. The van der Waals surface area contributed by atoms with Gasteiger partial charge in [0, 0.05) is 5.56 Å². The summed E-state index contributed by atoms with van der Waals surface area (Å²) in [5.41, 5.74) is 8.42. The van der Waals surface area contributed by atoms with Crippen LogP contribution in [0.25, 0.3) is 0 Å². The van der Waals surface area contributed by atoms with Crippen molar-refractivity contribution < 1.29 is 14.6 Å². The third-order valence-electron chi connectivity index (χ3n) is 4.34. The van der Waals surface area contributed by atoms with E-state index in [1.54, 1.807) is 67.1 Å². The van der Waals surface area contributed by atoms with Crippen LogP contribution >= 0.6 is 0 Å². The zero-order valence-electron chi connectivity index (χ0n) is 15.9. The Balaban J connectivity index is 1.68. The van der Waals surface area contributed by atoms with E-state index >= 15 is 0 Å². The lowest BCUT2D eigenvalue weighted by Gasteiger charge is -2.05. The van der Waals surface area contributed by atoms with Crippen molar-refractivity contribution in [3.05, 3.63) is 92.8 Å². The Morgan fingerprint density at radius 2 is 1.79 bits per heavy atom. The van der Waals surface area contributed by atoms with Gasteiger partial charge in [-0.3, -0.25) is 14.8 Å². The molecule has 2 N–H and O–H groups in total. The molecule has 0 aliphatic rings. The number of aryl methyl sites for hydroxylation is 1. The summed E-state index contributed by atoms with van der Waals surface area (Å²) in [5, 5.41) is 19.0. The molecule has 3 rings (SSSR count). The fourth-order valence-electron chi connectivity index (χ4n) is 2.83. The highest BCUT2D eigenvalue weighted by Gasteiger charge is 2.21. The quantitative estimate of drug-likeness (QED) is 0.226. The summed E-state index contributed by atoms with van der Waals surface area (Å²) in [7, 11) is 0. The topological polar surface area (TPSA) is 126 Å². The van der Waals surface area contributed by atoms with Crippen LogP contribution in [0.1, 0.15) is 32.9 Å². The maximum absolute atomic E-state index is 12.1. The van der Waals surface area contributed by atoms with Gasteiger partial charge in [-0.05, 0) is 31.5 Å². The summed E-state index contributed by atoms with van der Waals surface area (Å²) in [6.45, 7) is 3.59. The molecule has 0 amide bonds. The lowest BCUT2D eigenvalue weighted by Crippen LogP contribution is -2.15. The van der Waals surface area contributed by atoms with E-state index in [4.69, 9.17) is 10.6 Å². The Kier molecular flexibility index (Phi) is 5.68. The number of nitrogens with zero attached hydrogens (tertiary/aromatic N) is 4. The third-order valence-corrected chi connectivity index (χ3v) is 4.34. The molecule has 0 unspecified atom stereocenters. The highest BCUT2D eigenvalue weighted by molar-refractivity contribution is 5.98. The van der Waals surface area contributed by atoms with Gasteiger partial charge in [-0.2, -0.15) is 5.10 Å². The average molecular weight is 393 g/mol. The predicted octanol–water partition coefficient (Wildman–Crippen LogP) is 2.93. The fourth-order valence-corrected chi connectivity index (χ4v) is 2.83. The summed E-state index contributed by atoms with van der Waals surface area (Å²) < 4.78 is 1.56. The maximum Gasteiger partial charge on any atom is 0.365 e. The van der Waals surface area contributed by atoms with E-state index in [1.165, 1.54) is 0 Å².